The Bertz CT molecular complexity index is 2260. The van der Waals surface area contributed by atoms with Gasteiger partial charge in [-0.15, -0.1) is 0 Å². The first-order valence-electron chi connectivity index (χ1n) is 15.9. The van der Waals surface area contributed by atoms with E-state index >= 15 is 4.39 Å². The second-order valence-corrected chi connectivity index (χ2v) is 12.6. The van der Waals surface area contributed by atoms with Crippen LogP contribution in [0.15, 0.2) is 46.2 Å². The van der Waals surface area contributed by atoms with Crippen molar-refractivity contribution in [2.24, 2.45) is 0 Å². The molecule has 0 atom stereocenters. The largest absolute Gasteiger partial charge is 0.477 e. The molecule has 5 heterocycles. The van der Waals surface area contributed by atoms with Crippen LogP contribution in [0.25, 0.3) is 33.3 Å². The molecule has 14 heteroatoms. The number of halogens is 1. The van der Waals surface area contributed by atoms with Crippen molar-refractivity contribution in [3.8, 4) is 11.4 Å². The molecule has 0 amide bonds. The van der Waals surface area contributed by atoms with Crippen molar-refractivity contribution < 1.29 is 14.3 Å². The number of aryl methyl sites for hydroxylation is 2. The summed E-state index contributed by atoms with van der Waals surface area (Å²) in [6, 6.07) is 6.61. The van der Waals surface area contributed by atoms with E-state index in [0.29, 0.717) is 84.3 Å². The Morgan fingerprint density at radius 2 is 1.77 bits per heavy atom. The zero-order valence-corrected chi connectivity index (χ0v) is 27.3. The van der Waals surface area contributed by atoms with E-state index < -0.39 is 17.2 Å². The molecule has 1 aromatic carbocycles. The molecule has 2 fully saturated rings. The van der Waals surface area contributed by atoms with Gasteiger partial charge in [0.1, 0.15) is 17.0 Å². The highest BCUT2D eigenvalue weighted by atomic mass is 32.1. The molecule has 2 aliphatic rings. The van der Waals surface area contributed by atoms with Crippen LogP contribution in [0.4, 0.5) is 10.1 Å². The summed E-state index contributed by atoms with van der Waals surface area (Å²) in [7, 11) is 0. The monoisotopic (exact) mass is 658 g/mol. The van der Waals surface area contributed by atoms with Gasteiger partial charge in [0.15, 0.2) is 10.6 Å². The van der Waals surface area contributed by atoms with E-state index in [1.807, 2.05) is 57.7 Å². The minimum absolute atomic E-state index is 0.0804. The minimum atomic E-state index is -1.31. The van der Waals surface area contributed by atoms with Gasteiger partial charge in [0.2, 0.25) is 10.9 Å². The summed E-state index contributed by atoms with van der Waals surface area (Å²) in [5.74, 6) is -1.36. The number of piperazine rings is 1. The van der Waals surface area contributed by atoms with Crippen LogP contribution in [0.5, 0.6) is 0 Å². The molecule has 0 unspecified atom stereocenters. The second kappa shape index (κ2) is 11.8. The first-order chi connectivity index (χ1) is 22.6. The first kappa shape index (κ1) is 30.9. The summed E-state index contributed by atoms with van der Waals surface area (Å²) >= 11 is 5.82. The molecule has 1 aliphatic carbocycles. The molecule has 7 rings (SSSR count). The lowest BCUT2D eigenvalue weighted by Crippen LogP contribution is -2.47. The minimum Gasteiger partial charge on any atom is -0.477 e. The summed E-state index contributed by atoms with van der Waals surface area (Å²) in [6.07, 6.45) is 4.97. The number of nitrogens with zero attached hydrogens (tertiary/aromatic N) is 8. The molecular formula is C33H35FN8O4S. The number of aromatic nitrogens is 6. The van der Waals surface area contributed by atoms with E-state index in [0.717, 1.165) is 18.5 Å². The number of pyridine rings is 3. The third-order valence-corrected chi connectivity index (χ3v) is 9.63. The number of hydrogen-bond acceptors (Lipinski definition) is 8. The van der Waals surface area contributed by atoms with E-state index in [9.17, 15) is 19.5 Å². The highest BCUT2D eigenvalue weighted by Crippen LogP contribution is 2.38. The fourth-order valence-electron chi connectivity index (χ4n) is 6.51. The van der Waals surface area contributed by atoms with E-state index in [4.69, 9.17) is 17.3 Å². The molecule has 1 saturated carbocycles. The molecule has 1 saturated heterocycles. The van der Waals surface area contributed by atoms with Crippen molar-refractivity contribution in [2.45, 2.75) is 59.4 Å². The summed E-state index contributed by atoms with van der Waals surface area (Å²) in [4.78, 5) is 47.0. The molecular weight excluding hydrogens is 623 g/mol. The maximum Gasteiger partial charge on any atom is 0.341 e. The van der Waals surface area contributed by atoms with Gasteiger partial charge in [0.05, 0.1) is 28.8 Å². The lowest BCUT2D eigenvalue weighted by Gasteiger charge is -2.36. The first-order valence-corrected chi connectivity index (χ1v) is 16.3. The van der Waals surface area contributed by atoms with Gasteiger partial charge in [0, 0.05) is 68.8 Å². The number of hydrogen-bond donors (Lipinski definition) is 1. The summed E-state index contributed by atoms with van der Waals surface area (Å²) in [6.45, 7) is 9.71. The van der Waals surface area contributed by atoms with Gasteiger partial charge in [-0.1, -0.05) is 0 Å². The molecule has 1 aliphatic heterocycles. The van der Waals surface area contributed by atoms with E-state index in [2.05, 4.69) is 9.88 Å². The number of carboxylic acid groups (broad SMARTS) is 1. The van der Waals surface area contributed by atoms with Crippen LogP contribution in [-0.4, -0.2) is 70.6 Å². The highest BCUT2D eigenvalue weighted by Gasteiger charge is 2.29. The van der Waals surface area contributed by atoms with Gasteiger partial charge >= 0.3 is 5.97 Å². The SMILES string of the molecule is CCn1c(-c2cn(CC)c3nc(C)ccc3c2=O)nn(CN2CCN(c3cc4c(cc3F)c(=O)c(C(=O)O)cn4C3CC3)CC2)c1=S. The molecule has 0 spiro atoms. The number of rotatable bonds is 8. The Balaban J connectivity index is 1.15. The number of benzene rings is 1. The van der Waals surface area contributed by atoms with Crippen LogP contribution >= 0.6 is 12.2 Å². The Morgan fingerprint density at radius 3 is 2.43 bits per heavy atom. The van der Waals surface area contributed by atoms with Gasteiger partial charge in [-0.3, -0.25) is 14.5 Å². The maximum atomic E-state index is 15.5. The van der Waals surface area contributed by atoms with Crippen molar-refractivity contribution in [3.05, 3.63) is 79.0 Å². The van der Waals surface area contributed by atoms with Crippen LogP contribution in [-0.2, 0) is 19.8 Å². The van der Waals surface area contributed by atoms with Gasteiger partial charge in [-0.05, 0) is 70.1 Å². The molecule has 4 aromatic heterocycles. The molecule has 12 nitrogen and oxygen atoms in total. The van der Waals surface area contributed by atoms with Crippen molar-refractivity contribution in [2.75, 3.05) is 31.1 Å². The smallest absolute Gasteiger partial charge is 0.341 e. The predicted molar refractivity (Wildman–Crippen MR) is 179 cm³/mol. The number of fused-ring (bicyclic) bond motifs is 2. The maximum absolute atomic E-state index is 15.5. The average molecular weight is 659 g/mol. The van der Waals surface area contributed by atoms with Gasteiger partial charge in [0.25, 0.3) is 0 Å². The lowest BCUT2D eigenvalue weighted by atomic mass is 10.1. The Hall–Kier alpha value is -4.69. The van der Waals surface area contributed by atoms with Crippen molar-refractivity contribution in [1.29, 1.82) is 0 Å². The molecule has 47 heavy (non-hydrogen) atoms. The second-order valence-electron chi connectivity index (χ2n) is 12.2. The zero-order valence-electron chi connectivity index (χ0n) is 26.4. The highest BCUT2D eigenvalue weighted by molar-refractivity contribution is 7.71. The Morgan fingerprint density at radius 1 is 1.02 bits per heavy atom. The summed E-state index contributed by atoms with van der Waals surface area (Å²) in [5.41, 5.74) is 1.72. The Kier molecular flexibility index (Phi) is 7.79. The third-order valence-electron chi connectivity index (χ3n) is 9.20. The van der Waals surface area contributed by atoms with E-state index in [1.165, 1.54) is 12.3 Å². The van der Waals surface area contributed by atoms with Crippen LogP contribution in [0.3, 0.4) is 0 Å². The van der Waals surface area contributed by atoms with Gasteiger partial charge < -0.3 is 23.7 Å². The fourth-order valence-corrected chi connectivity index (χ4v) is 6.82. The summed E-state index contributed by atoms with van der Waals surface area (Å²) in [5, 5.41) is 15.0. The van der Waals surface area contributed by atoms with Crippen molar-refractivity contribution >= 4 is 45.8 Å². The van der Waals surface area contributed by atoms with Crippen LogP contribution in [0, 0.1) is 17.5 Å². The van der Waals surface area contributed by atoms with Gasteiger partial charge in [-0.25, -0.2) is 18.9 Å². The standard InChI is InChI=1S/C33H35FN8O4S/c1-4-38-16-23(28(43)21-9-6-19(3)35-30(21)38)31-36-42(33(47)40(31)5-2)18-37-10-12-39(13-11-37)27-15-26-22(14-25(27)34)29(44)24(32(45)46)17-41(26)20-7-8-20/h6,9,14-17,20H,4-5,7-8,10-13,18H2,1-3H3,(H,45,46). The number of anilines is 1. The number of carbonyl (C=O) groups is 1. The van der Waals surface area contributed by atoms with Crippen LogP contribution in [0.1, 0.15) is 48.8 Å². The van der Waals surface area contributed by atoms with E-state index in [-0.39, 0.29) is 22.4 Å². The quantitative estimate of drug-likeness (QED) is 0.242. The Labute approximate surface area is 273 Å². The predicted octanol–water partition coefficient (Wildman–Crippen LogP) is 4.41. The van der Waals surface area contributed by atoms with Crippen LogP contribution in [0.2, 0.25) is 0 Å². The molecule has 1 N–H and O–H groups in total. The molecule has 5 aromatic rings. The van der Waals surface area contributed by atoms with Crippen molar-refractivity contribution in [1.82, 2.24) is 33.4 Å². The average Bonchev–Trinajstić information content (AvgIpc) is 3.85. The normalized spacial score (nSPS) is 15.6. The van der Waals surface area contributed by atoms with Crippen LogP contribution < -0.4 is 15.8 Å². The topological polar surface area (TPSA) is 123 Å². The summed E-state index contributed by atoms with van der Waals surface area (Å²) < 4.78 is 23.4. The number of carboxylic acids is 1. The molecule has 244 valence electrons. The molecule has 0 radical (unpaired) electrons. The lowest BCUT2D eigenvalue weighted by molar-refractivity contribution is 0.0695. The fraction of sp³-hybridized carbons (Fsp3) is 0.394. The number of aromatic carboxylic acids is 1. The molecule has 0 bridgehead atoms. The van der Waals surface area contributed by atoms with Gasteiger partial charge in [-0.2, -0.15) is 5.10 Å². The zero-order chi connectivity index (χ0) is 33.1. The van der Waals surface area contributed by atoms with E-state index in [1.54, 1.807) is 10.7 Å². The third kappa shape index (κ3) is 5.34. The van der Waals surface area contributed by atoms with Crippen molar-refractivity contribution in [3.63, 3.8) is 0 Å².